The SMILES string of the molecule is O=c1ccc2ccc(S(=O)(=O)n3cc(C4=CCNCC4)c4ncccc43)cc2[nH]1. The van der Waals surface area contributed by atoms with Crippen LogP contribution in [0.3, 0.4) is 0 Å². The molecule has 0 saturated carbocycles. The number of fused-ring (bicyclic) bond motifs is 2. The van der Waals surface area contributed by atoms with Gasteiger partial charge >= 0.3 is 0 Å². The van der Waals surface area contributed by atoms with Crippen LogP contribution in [0, 0.1) is 0 Å². The van der Waals surface area contributed by atoms with E-state index in [9.17, 15) is 13.2 Å². The summed E-state index contributed by atoms with van der Waals surface area (Å²) in [6.45, 7) is 1.59. The van der Waals surface area contributed by atoms with Gasteiger partial charge in [-0.3, -0.25) is 9.78 Å². The Balaban J connectivity index is 1.72. The zero-order valence-electron chi connectivity index (χ0n) is 15.4. The van der Waals surface area contributed by atoms with Gasteiger partial charge in [0.05, 0.1) is 15.9 Å². The van der Waals surface area contributed by atoms with Gasteiger partial charge in [-0.15, -0.1) is 0 Å². The molecule has 8 heteroatoms. The van der Waals surface area contributed by atoms with Crippen LogP contribution in [0.5, 0.6) is 0 Å². The molecule has 0 spiro atoms. The summed E-state index contributed by atoms with van der Waals surface area (Å²) in [4.78, 5) is 18.9. The Kier molecular flexibility index (Phi) is 4.11. The van der Waals surface area contributed by atoms with Crippen molar-refractivity contribution in [2.75, 3.05) is 13.1 Å². The summed E-state index contributed by atoms with van der Waals surface area (Å²) >= 11 is 0. The molecule has 29 heavy (non-hydrogen) atoms. The molecule has 0 fully saturated rings. The molecule has 0 saturated heterocycles. The minimum absolute atomic E-state index is 0.110. The van der Waals surface area contributed by atoms with Crippen molar-refractivity contribution in [3.63, 3.8) is 0 Å². The average Bonchev–Trinajstić information content (AvgIpc) is 3.14. The van der Waals surface area contributed by atoms with E-state index in [1.165, 1.54) is 16.1 Å². The summed E-state index contributed by atoms with van der Waals surface area (Å²) in [5, 5.41) is 4.03. The Labute approximate surface area is 166 Å². The predicted octanol–water partition coefficient (Wildman–Crippen LogP) is 2.49. The zero-order valence-corrected chi connectivity index (χ0v) is 16.2. The highest BCUT2D eigenvalue weighted by atomic mass is 32.2. The second-order valence-corrected chi connectivity index (χ2v) is 8.78. The average molecular weight is 406 g/mol. The van der Waals surface area contributed by atoms with Crippen LogP contribution in [-0.4, -0.2) is 35.4 Å². The van der Waals surface area contributed by atoms with Gasteiger partial charge in [-0.2, -0.15) is 0 Å². The van der Waals surface area contributed by atoms with E-state index in [-0.39, 0.29) is 10.5 Å². The van der Waals surface area contributed by atoms with Crippen LogP contribution < -0.4 is 10.9 Å². The molecule has 1 aliphatic rings. The number of nitrogens with one attached hydrogen (secondary N) is 2. The predicted molar refractivity (Wildman–Crippen MR) is 112 cm³/mol. The van der Waals surface area contributed by atoms with Crippen molar-refractivity contribution in [1.29, 1.82) is 0 Å². The van der Waals surface area contributed by atoms with Crippen molar-refractivity contribution in [3.05, 3.63) is 76.9 Å². The van der Waals surface area contributed by atoms with Crippen molar-refractivity contribution >= 4 is 37.5 Å². The second kappa shape index (κ2) is 6.68. The Morgan fingerprint density at radius 3 is 2.79 bits per heavy atom. The van der Waals surface area contributed by atoms with E-state index in [2.05, 4.69) is 21.4 Å². The molecule has 0 aliphatic carbocycles. The summed E-state index contributed by atoms with van der Waals surface area (Å²) in [5.41, 5.74) is 3.32. The van der Waals surface area contributed by atoms with Crippen LogP contribution in [0.25, 0.3) is 27.5 Å². The Morgan fingerprint density at radius 1 is 1.10 bits per heavy atom. The number of nitrogens with zero attached hydrogens (tertiary/aromatic N) is 2. The van der Waals surface area contributed by atoms with Crippen LogP contribution in [0.4, 0.5) is 0 Å². The lowest BCUT2D eigenvalue weighted by Crippen LogP contribution is -2.20. The number of hydrogen-bond donors (Lipinski definition) is 2. The number of hydrogen-bond acceptors (Lipinski definition) is 5. The van der Waals surface area contributed by atoms with Crippen molar-refractivity contribution < 1.29 is 8.42 Å². The minimum atomic E-state index is -3.88. The fourth-order valence-electron chi connectivity index (χ4n) is 3.73. The molecule has 5 rings (SSSR count). The van der Waals surface area contributed by atoms with Gasteiger partial charge in [0, 0.05) is 36.1 Å². The Bertz CT molecular complexity index is 1450. The fraction of sp³-hybridized carbons (Fsp3) is 0.143. The molecule has 0 unspecified atom stereocenters. The van der Waals surface area contributed by atoms with Gasteiger partial charge < -0.3 is 10.3 Å². The lowest BCUT2D eigenvalue weighted by atomic mass is 10.0. The second-order valence-electron chi connectivity index (χ2n) is 6.97. The Morgan fingerprint density at radius 2 is 1.97 bits per heavy atom. The van der Waals surface area contributed by atoms with Crippen molar-refractivity contribution in [2.45, 2.75) is 11.3 Å². The minimum Gasteiger partial charge on any atom is -0.322 e. The molecule has 146 valence electrons. The van der Waals surface area contributed by atoms with E-state index in [1.54, 1.807) is 42.7 Å². The first-order valence-corrected chi connectivity index (χ1v) is 10.7. The summed E-state index contributed by atoms with van der Waals surface area (Å²) in [6.07, 6.45) is 6.21. The number of rotatable bonds is 3. The first-order valence-electron chi connectivity index (χ1n) is 9.29. The van der Waals surface area contributed by atoms with Crippen LogP contribution in [0.2, 0.25) is 0 Å². The standard InChI is InChI=1S/C21H18N4O3S/c26-20-6-4-15-3-5-16(12-18(15)24-20)29(27,28)25-13-17(14-7-10-22-11-8-14)21-19(25)2-1-9-23-21/h1-7,9,12-13,22H,8,10-11H2,(H,24,26). The van der Waals surface area contributed by atoms with Crippen LogP contribution in [0.1, 0.15) is 12.0 Å². The summed E-state index contributed by atoms with van der Waals surface area (Å²) in [5.74, 6) is 0. The van der Waals surface area contributed by atoms with Gasteiger partial charge in [0.15, 0.2) is 0 Å². The van der Waals surface area contributed by atoms with E-state index < -0.39 is 10.0 Å². The number of pyridine rings is 2. The van der Waals surface area contributed by atoms with Gasteiger partial charge in [0.1, 0.15) is 0 Å². The highest BCUT2D eigenvalue weighted by molar-refractivity contribution is 7.90. The maximum atomic E-state index is 13.5. The fourth-order valence-corrected chi connectivity index (χ4v) is 5.12. The first-order chi connectivity index (χ1) is 14.0. The van der Waals surface area contributed by atoms with E-state index in [1.807, 2.05) is 0 Å². The lowest BCUT2D eigenvalue weighted by molar-refractivity contribution is 0.589. The lowest BCUT2D eigenvalue weighted by Gasteiger charge is -2.12. The smallest absolute Gasteiger partial charge is 0.268 e. The van der Waals surface area contributed by atoms with Crippen molar-refractivity contribution in [2.24, 2.45) is 0 Å². The topological polar surface area (TPSA) is 96.8 Å². The van der Waals surface area contributed by atoms with E-state index in [0.717, 1.165) is 36.0 Å². The van der Waals surface area contributed by atoms with Crippen LogP contribution >= 0.6 is 0 Å². The number of aromatic amines is 1. The molecule has 0 amide bonds. The van der Waals surface area contributed by atoms with Gasteiger partial charge in [-0.25, -0.2) is 12.4 Å². The van der Waals surface area contributed by atoms with Gasteiger partial charge in [-0.1, -0.05) is 12.1 Å². The third-order valence-electron chi connectivity index (χ3n) is 5.19. The molecule has 0 atom stereocenters. The molecule has 4 heterocycles. The summed E-state index contributed by atoms with van der Waals surface area (Å²) < 4.78 is 28.3. The number of H-pyrrole nitrogens is 1. The largest absolute Gasteiger partial charge is 0.322 e. The third kappa shape index (κ3) is 2.97. The molecule has 7 nitrogen and oxygen atoms in total. The first kappa shape index (κ1) is 17.8. The number of benzene rings is 1. The number of aromatic nitrogens is 3. The summed E-state index contributed by atoms with van der Waals surface area (Å²) in [6, 6.07) is 11.3. The van der Waals surface area contributed by atoms with Crippen LogP contribution in [0.15, 0.2) is 70.6 Å². The van der Waals surface area contributed by atoms with Crippen LogP contribution in [-0.2, 0) is 10.0 Å². The van der Waals surface area contributed by atoms with Gasteiger partial charge in [0.25, 0.3) is 10.0 Å². The van der Waals surface area contributed by atoms with Crippen molar-refractivity contribution in [1.82, 2.24) is 19.3 Å². The van der Waals surface area contributed by atoms with E-state index in [4.69, 9.17) is 0 Å². The molecule has 2 N–H and O–H groups in total. The van der Waals surface area contributed by atoms with E-state index in [0.29, 0.717) is 16.6 Å². The monoisotopic (exact) mass is 406 g/mol. The maximum absolute atomic E-state index is 13.5. The molecule has 1 aliphatic heterocycles. The molecular formula is C21H18N4O3S. The molecule has 1 aromatic carbocycles. The highest BCUT2D eigenvalue weighted by Gasteiger charge is 2.23. The molecule has 4 aromatic rings. The van der Waals surface area contributed by atoms with Gasteiger partial charge in [-0.05, 0) is 54.3 Å². The molecular weight excluding hydrogens is 388 g/mol. The normalized spacial score (nSPS) is 15.0. The summed E-state index contributed by atoms with van der Waals surface area (Å²) in [7, 11) is -3.88. The quantitative estimate of drug-likeness (QED) is 0.545. The molecule has 3 aromatic heterocycles. The van der Waals surface area contributed by atoms with Gasteiger partial charge in [0.2, 0.25) is 5.56 Å². The molecule has 0 radical (unpaired) electrons. The van der Waals surface area contributed by atoms with E-state index >= 15 is 0 Å². The van der Waals surface area contributed by atoms with Crippen molar-refractivity contribution in [3.8, 4) is 0 Å². The maximum Gasteiger partial charge on any atom is 0.268 e. The zero-order chi connectivity index (χ0) is 20.0. The Hall–Kier alpha value is -3.23. The highest BCUT2D eigenvalue weighted by Crippen LogP contribution is 2.31. The molecule has 0 bridgehead atoms. The third-order valence-corrected chi connectivity index (χ3v) is 6.86.